The Labute approximate surface area is 121 Å². The van der Waals surface area contributed by atoms with Crippen LogP contribution in [-0.4, -0.2) is 22.5 Å². The Morgan fingerprint density at radius 2 is 1.94 bits per heavy atom. The van der Waals surface area contributed by atoms with Gasteiger partial charge in [0.15, 0.2) is 5.78 Å². The number of imide groups is 1. The number of hydrogen-bond acceptors (Lipinski definition) is 3. The maximum atomic E-state index is 11.8. The van der Waals surface area contributed by atoms with E-state index in [0.717, 1.165) is 24.2 Å². The molecule has 2 amide bonds. The Balaban J connectivity index is 2.42. The molecule has 4 nitrogen and oxygen atoms in total. The zero-order valence-electron chi connectivity index (χ0n) is 10.6. The van der Waals surface area contributed by atoms with Crippen LogP contribution in [0.5, 0.6) is 0 Å². The molecule has 0 fully saturated rings. The number of allylic oxidation sites excluding steroid dienone is 1. The SMILES string of the molecule is CCCCCCCC(=O)N1C=C(I)C(=O)CC1=O. The maximum absolute atomic E-state index is 11.8. The highest BCUT2D eigenvalue weighted by Crippen LogP contribution is 2.19. The summed E-state index contributed by atoms with van der Waals surface area (Å²) in [6, 6.07) is 0. The third-order valence-electron chi connectivity index (χ3n) is 2.85. The fourth-order valence-electron chi connectivity index (χ4n) is 1.78. The molecule has 0 saturated heterocycles. The van der Waals surface area contributed by atoms with Crippen molar-refractivity contribution >= 4 is 40.2 Å². The van der Waals surface area contributed by atoms with E-state index in [1.807, 2.05) is 22.6 Å². The number of nitrogens with zero attached hydrogens (tertiary/aromatic N) is 1. The Kier molecular flexibility index (Phi) is 6.52. The highest BCUT2D eigenvalue weighted by atomic mass is 127. The summed E-state index contributed by atoms with van der Waals surface area (Å²) in [5, 5.41) is 0. The number of carbonyl (C=O) groups is 3. The molecule has 1 rings (SSSR count). The van der Waals surface area contributed by atoms with E-state index < -0.39 is 5.91 Å². The number of halogens is 1. The molecule has 0 bridgehead atoms. The smallest absolute Gasteiger partial charge is 0.241 e. The number of rotatable bonds is 6. The Morgan fingerprint density at radius 3 is 2.61 bits per heavy atom. The van der Waals surface area contributed by atoms with Crippen molar-refractivity contribution in [2.45, 2.75) is 51.9 Å². The van der Waals surface area contributed by atoms with Crippen molar-refractivity contribution in [2.24, 2.45) is 0 Å². The predicted octanol–water partition coefficient (Wildman–Crippen LogP) is 2.95. The van der Waals surface area contributed by atoms with Gasteiger partial charge in [-0.3, -0.25) is 19.3 Å². The van der Waals surface area contributed by atoms with Gasteiger partial charge in [-0.2, -0.15) is 0 Å². The highest BCUT2D eigenvalue weighted by molar-refractivity contribution is 14.1. The number of amides is 2. The first-order chi connectivity index (χ1) is 8.56. The molecule has 0 radical (unpaired) electrons. The third-order valence-corrected chi connectivity index (χ3v) is 3.73. The van der Waals surface area contributed by atoms with Crippen molar-refractivity contribution in [2.75, 3.05) is 0 Å². The molecule has 1 heterocycles. The van der Waals surface area contributed by atoms with Crippen molar-refractivity contribution in [3.63, 3.8) is 0 Å². The second-order valence-electron chi connectivity index (χ2n) is 4.40. The normalized spacial score (nSPS) is 15.9. The molecule has 0 N–H and O–H groups in total. The molecule has 0 aromatic rings. The van der Waals surface area contributed by atoms with Gasteiger partial charge in [0, 0.05) is 12.6 Å². The Morgan fingerprint density at radius 1 is 1.28 bits per heavy atom. The number of hydrogen-bond donors (Lipinski definition) is 0. The summed E-state index contributed by atoms with van der Waals surface area (Å²) in [7, 11) is 0. The van der Waals surface area contributed by atoms with Crippen LogP contribution in [0.1, 0.15) is 51.9 Å². The van der Waals surface area contributed by atoms with Crippen LogP contribution in [0.15, 0.2) is 9.78 Å². The minimum absolute atomic E-state index is 0.184. The summed E-state index contributed by atoms with van der Waals surface area (Å²) >= 11 is 1.86. The first kappa shape index (κ1) is 15.3. The number of unbranched alkanes of at least 4 members (excludes halogenated alkanes) is 4. The maximum Gasteiger partial charge on any atom is 0.241 e. The lowest BCUT2D eigenvalue weighted by molar-refractivity contribution is -0.143. The van der Waals surface area contributed by atoms with E-state index in [2.05, 4.69) is 6.92 Å². The van der Waals surface area contributed by atoms with Gasteiger partial charge in [0.05, 0.1) is 10.0 Å². The van der Waals surface area contributed by atoms with Crippen LogP contribution in [0.4, 0.5) is 0 Å². The largest absolute Gasteiger partial charge is 0.293 e. The lowest BCUT2D eigenvalue weighted by Crippen LogP contribution is -2.37. The van der Waals surface area contributed by atoms with Crippen LogP contribution in [0, 0.1) is 0 Å². The fourth-order valence-corrected chi connectivity index (χ4v) is 2.24. The first-order valence-corrected chi connectivity index (χ1v) is 7.39. The van der Waals surface area contributed by atoms with Crippen LogP contribution in [-0.2, 0) is 14.4 Å². The van der Waals surface area contributed by atoms with Gasteiger partial charge in [-0.15, -0.1) is 0 Å². The summed E-state index contributed by atoms with van der Waals surface area (Å²) in [4.78, 5) is 35.8. The minimum atomic E-state index is -0.404. The zero-order valence-corrected chi connectivity index (χ0v) is 12.7. The van der Waals surface area contributed by atoms with Crippen molar-refractivity contribution in [1.29, 1.82) is 0 Å². The van der Waals surface area contributed by atoms with Gasteiger partial charge >= 0.3 is 0 Å². The molecular weight excluding hydrogens is 345 g/mol. The van der Waals surface area contributed by atoms with E-state index in [1.54, 1.807) is 0 Å². The summed E-state index contributed by atoms with van der Waals surface area (Å²) in [6.45, 7) is 2.14. The molecule has 0 aromatic carbocycles. The topological polar surface area (TPSA) is 54.5 Å². The van der Waals surface area contributed by atoms with Crippen molar-refractivity contribution in [3.8, 4) is 0 Å². The molecular formula is C13H18INO3. The molecule has 0 unspecified atom stereocenters. The molecule has 1 aliphatic rings. The van der Waals surface area contributed by atoms with E-state index in [9.17, 15) is 14.4 Å². The fraction of sp³-hybridized carbons (Fsp3) is 0.615. The minimum Gasteiger partial charge on any atom is -0.293 e. The Hall–Kier alpha value is -0.720. The van der Waals surface area contributed by atoms with Crippen molar-refractivity contribution in [3.05, 3.63) is 9.78 Å². The molecule has 0 spiro atoms. The van der Waals surface area contributed by atoms with Gasteiger partial charge < -0.3 is 0 Å². The van der Waals surface area contributed by atoms with Crippen LogP contribution in [0.2, 0.25) is 0 Å². The summed E-state index contributed by atoms with van der Waals surface area (Å²) < 4.78 is 0.450. The van der Waals surface area contributed by atoms with Gasteiger partial charge in [0.1, 0.15) is 0 Å². The lowest BCUT2D eigenvalue weighted by atomic mass is 10.1. The van der Waals surface area contributed by atoms with Gasteiger partial charge in [-0.25, -0.2) is 0 Å². The third kappa shape index (κ3) is 4.51. The van der Waals surface area contributed by atoms with Crippen molar-refractivity contribution in [1.82, 2.24) is 4.90 Å². The van der Waals surface area contributed by atoms with Crippen LogP contribution in [0.3, 0.4) is 0 Å². The number of Topliss-reactive ketones (excluding diaryl/α,β-unsaturated/α-hetero) is 1. The van der Waals surface area contributed by atoms with Crippen molar-refractivity contribution < 1.29 is 14.4 Å². The van der Waals surface area contributed by atoms with Gasteiger partial charge in [-0.1, -0.05) is 32.6 Å². The van der Waals surface area contributed by atoms with Crippen LogP contribution >= 0.6 is 22.6 Å². The molecule has 18 heavy (non-hydrogen) atoms. The summed E-state index contributed by atoms with van der Waals surface area (Å²) in [5.41, 5.74) is 0. The lowest BCUT2D eigenvalue weighted by Gasteiger charge is -2.20. The van der Waals surface area contributed by atoms with Crippen LogP contribution in [0.25, 0.3) is 0 Å². The van der Waals surface area contributed by atoms with E-state index in [-0.39, 0.29) is 18.1 Å². The second kappa shape index (κ2) is 7.66. The number of ketones is 1. The van der Waals surface area contributed by atoms with E-state index in [0.29, 0.717) is 10.0 Å². The molecule has 0 saturated carbocycles. The Bertz CT molecular complexity index is 376. The average molecular weight is 363 g/mol. The second-order valence-corrected chi connectivity index (χ2v) is 5.56. The molecule has 0 aromatic heterocycles. The monoisotopic (exact) mass is 363 g/mol. The molecule has 1 aliphatic heterocycles. The van der Waals surface area contributed by atoms with E-state index in [4.69, 9.17) is 0 Å². The summed E-state index contributed by atoms with van der Waals surface area (Å²) in [6.07, 6.45) is 6.86. The zero-order chi connectivity index (χ0) is 13.5. The standard InChI is InChI=1S/C13H18INO3/c1-2-3-4-5-6-7-12(17)15-9-10(14)11(16)8-13(15)18/h9H,2-8H2,1H3. The van der Waals surface area contributed by atoms with Crippen LogP contribution < -0.4 is 0 Å². The molecule has 100 valence electrons. The van der Waals surface area contributed by atoms with Gasteiger partial charge in [0.2, 0.25) is 11.8 Å². The highest BCUT2D eigenvalue weighted by Gasteiger charge is 2.27. The van der Waals surface area contributed by atoms with E-state index >= 15 is 0 Å². The predicted molar refractivity (Wildman–Crippen MR) is 77.0 cm³/mol. The molecule has 0 atom stereocenters. The first-order valence-electron chi connectivity index (χ1n) is 6.31. The molecule has 0 aliphatic carbocycles. The van der Waals surface area contributed by atoms with Gasteiger partial charge in [-0.05, 0) is 29.0 Å². The van der Waals surface area contributed by atoms with E-state index in [1.165, 1.54) is 19.0 Å². The average Bonchev–Trinajstić information content (AvgIpc) is 2.33. The quantitative estimate of drug-likeness (QED) is 0.414. The summed E-state index contributed by atoms with van der Waals surface area (Å²) in [5.74, 6) is -0.801. The molecule has 5 heteroatoms. The van der Waals surface area contributed by atoms with Gasteiger partial charge in [0.25, 0.3) is 0 Å². The number of carbonyl (C=O) groups excluding carboxylic acids is 3.